The maximum atomic E-state index is 12.9. The van der Waals surface area contributed by atoms with E-state index in [4.69, 9.17) is 10.2 Å². The van der Waals surface area contributed by atoms with Crippen molar-refractivity contribution in [2.45, 2.75) is 12.2 Å². The minimum absolute atomic E-state index is 0.0133. The highest BCUT2D eigenvalue weighted by Gasteiger charge is 2.35. The first-order valence-corrected chi connectivity index (χ1v) is 5.84. The molecule has 2 nitrogen and oxygen atoms in total. The van der Waals surface area contributed by atoms with Gasteiger partial charge < -0.3 is 10.2 Å². The van der Waals surface area contributed by atoms with Gasteiger partial charge in [-0.2, -0.15) is 13.2 Å². The molecule has 0 spiro atoms. The molecule has 0 radical (unpaired) electrons. The zero-order chi connectivity index (χ0) is 13.3. The molecule has 1 heterocycles. The number of furan rings is 1. The Morgan fingerprint density at radius 1 is 1.22 bits per heavy atom. The van der Waals surface area contributed by atoms with E-state index in [-0.39, 0.29) is 5.56 Å². The van der Waals surface area contributed by atoms with E-state index in [1.807, 2.05) is 0 Å². The first-order chi connectivity index (χ1) is 8.39. The fraction of sp³-hybridized carbons (Fsp3) is 0.167. The van der Waals surface area contributed by atoms with Crippen molar-refractivity contribution in [3.63, 3.8) is 0 Å². The minimum Gasteiger partial charge on any atom is -0.467 e. The second kappa shape index (κ2) is 4.78. The van der Waals surface area contributed by atoms with E-state index < -0.39 is 17.8 Å². The van der Waals surface area contributed by atoms with Gasteiger partial charge in [-0.3, -0.25) is 0 Å². The Morgan fingerprint density at radius 3 is 2.50 bits per heavy atom. The van der Waals surface area contributed by atoms with Gasteiger partial charge >= 0.3 is 6.18 Å². The van der Waals surface area contributed by atoms with E-state index in [2.05, 4.69) is 15.9 Å². The molecule has 2 N–H and O–H groups in total. The molecule has 1 aromatic heterocycles. The van der Waals surface area contributed by atoms with Crippen LogP contribution in [0.15, 0.2) is 45.5 Å². The van der Waals surface area contributed by atoms with Crippen LogP contribution in [0.5, 0.6) is 0 Å². The van der Waals surface area contributed by atoms with E-state index in [1.54, 1.807) is 12.1 Å². The molecule has 0 fully saturated rings. The normalized spacial score (nSPS) is 13.6. The lowest BCUT2D eigenvalue weighted by molar-refractivity contribution is -0.138. The quantitative estimate of drug-likeness (QED) is 0.904. The van der Waals surface area contributed by atoms with Gasteiger partial charge in [0.25, 0.3) is 0 Å². The van der Waals surface area contributed by atoms with E-state index in [9.17, 15) is 13.2 Å². The molecule has 0 saturated carbocycles. The van der Waals surface area contributed by atoms with Gasteiger partial charge in [-0.1, -0.05) is 22.0 Å². The fourth-order valence-electron chi connectivity index (χ4n) is 1.67. The molecule has 18 heavy (non-hydrogen) atoms. The highest BCUT2D eigenvalue weighted by atomic mass is 79.9. The van der Waals surface area contributed by atoms with Crippen LogP contribution in [0.4, 0.5) is 13.2 Å². The van der Waals surface area contributed by atoms with Crippen molar-refractivity contribution in [1.29, 1.82) is 0 Å². The van der Waals surface area contributed by atoms with Crippen molar-refractivity contribution < 1.29 is 17.6 Å². The van der Waals surface area contributed by atoms with Crippen LogP contribution in [0.1, 0.15) is 22.9 Å². The number of hydrogen-bond donors (Lipinski definition) is 1. The maximum absolute atomic E-state index is 12.9. The van der Waals surface area contributed by atoms with Crippen molar-refractivity contribution in [3.05, 3.63) is 58.0 Å². The molecular weight excluding hydrogens is 311 g/mol. The highest BCUT2D eigenvalue weighted by Crippen LogP contribution is 2.37. The van der Waals surface area contributed by atoms with Crippen LogP contribution < -0.4 is 5.73 Å². The van der Waals surface area contributed by atoms with Crippen molar-refractivity contribution in [3.8, 4) is 0 Å². The van der Waals surface area contributed by atoms with Gasteiger partial charge in [-0.15, -0.1) is 0 Å². The van der Waals surface area contributed by atoms with E-state index in [0.29, 0.717) is 10.2 Å². The van der Waals surface area contributed by atoms with E-state index in [0.717, 1.165) is 6.07 Å². The van der Waals surface area contributed by atoms with Gasteiger partial charge in [0.05, 0.1) is 17.9 Å². The summed E-state index contributed by atoms with van der Waals surface area (Å²) >= 11 is 3.02. The largest absolute Gasteiger partial charge is 0.467 e. The Morgan fingerprint density at radius 2 is 1.94 bits per heavy atom. The van der Waals surface area contributed by atoms with Crippen LogP contribution in [0.2, 0.25) is 0 Å². The number of benzene rings is 1. The molecule has 0 saturated heterocycles. The number of alkyl halides is 3. The number of hydrogen-bond acceptors (Lipinski definition) is 2. The summed E-state index contributed by atoms with van der Waals surface area (Å²) in [4.78, 5) is 0. The van der Waals surface area contributed by atoms with Crippen LogP contribution in [-0.2, 0) is 6.18 Å². The lowest BCUT2D eigenvalue weighted by atomic mass is 9.99. The summed E-state index contributed by atoms with van der Waals surface area (Å²) in [5.41, 5.74) is 5.02. The molecule has 1 aromatic carbocycles. The maximum Gasteiger partial charge on any atom is 0.416 e. The topological polar surface area (TPSA) is 39.2 Å². The molecule has 1 unspecified atom stereocenters. The Kier molecular flexibility index (Phi) is 3.49. The lowest BCUT2D eigenvalue weighted by Gasteiger charge is -2.17. The third-order valence-corrected chi connectivity index (χ3v) is 3.00. The Bertz CT molecular complexity index is 537. The van der Waals surface area contributed by atoms with Crippen molar-refractivity contribution in [1.82, 2.24) is 0 Å². The average Bonchev–Trinajstić information content (AvgIpc) is 2.80. The molecule has 6 heteroatoms. The lowest BCUT2D eigenvalue weighted by Crippen LogP contribution is -2.18. The van der Waals surface area contributed by atoms with Gasteiger partial charge in [0.2, 0.25) is 0 Å². The summed E-state index contributed by atoms with van der Waals surface area (Å²) < 4.78 is 44.2. The van der Waals surface area contributed by atoms with Crippen LogP contribution in [0.3, 0.4) is 0 Å². The van der Waals surface area contributed by atoms with Gasteiger partial charge in [-0.05, 0) is 29.8 Å². The molecule has 1 atom stereocenters. The third-order valence-electron chi connectivity index (χ3n) is 2.51. The highest BCUT2D eigenvalue weighted by molar-refractivity contribution is 9.10. The molecule has 0 bridgehead atoms. The number of rotatable bonds is 2. The predicted octanol–water partition coefficient (Wildman–Crippen LogP) is 4.11. The summed E-state index contributed by atoms with van der Waals surface area (Å²) in [5.74, 6) is 0.294. The van der Waals surface area contributed by atoms with E-state index in [1.165, 1.54) is 18.4 Å². The van der Waals surface area contributed by atoms with Gasteiger partial charge in [-0.25, -0.2) is 0 Å². The zero-order valence-corrected chi connectivity index (χ0v) is 10.6. The monoisotopic (exact) mass is 319 g/mol. The zero-order valence-electron chi connectivity index (χ0n) is 9.04. The molecular formula is C12H9BrF3NO. The smallest absolute Gasteiger partial charge is 0.416 e. The van der Waals surface area contributed by atoms with Gasteiger partial charge in [0.15, 0.2) is 0 Å². The van der Waals surface area contributed by atoms with Crippen LogP contribution in [0.25, 0.3) is 0 Å². The Hall–Kier alpha value is -1.27. The summed E-state index contributed by atoms with van der Waals surface area (Å²) in [6, 6.07) is 6.07. The van der Waals surface area contributed by atoms with Crippen LogP contribution in [0, 0.1) is 0 Å². The predicted molar refractivity (Wildman–Crippen MR) is 63.9 cm³/mol. The van der Waals surface area contributed by atoms with Crippen molar-refractivity contribution >= 4 is 15.9 Å². The molecule has 0 aliphatic heterocycles. The molecule has 0 aliphatic carbocycles. The first kappa shape index (κ1) is 13.2. The summed E-state index contributed by atoms with van der Waals surface area (Å²) in [6.07, 6.45) is -3.08. The molecule has 0 amide bonds. The standard InChI is InChI=1S/C12H9BrF3NO/c13-7-3-4-8(9(6-7)12(14,15)16)11(17)10-2-1-5-18-10/h1-6,11H,17H2. The van der Waals surface area contributed by atoms with E-state index >= 15 is 0 Å². The minimum atomic E-state index is -4.46. The Labute approximate surface area is 110 Å². The number of nitrogens with two attached hydrogens (primary N) is 1. The summed E-state index contributed by atoms with van der Waals surface area (Å²) in [7, 11) is 0. The Balaban J connectivity index is 2.51. The second-order valence-electron chi connectivity index (χ2n) is 3.72. The molecule has 0 aliphatic rings. The van der Waals surface area contributed by atoms with Crippen molar-refractivity contribution in [2.75, 3.05) is 0 Å². The SMILES string of the molecule is NC(c1ccco1)c1ccc(Br)cc1C(F)(F)F. The summed E-state index contributed by atoms with van der Waals surface area (Å²) in [5, 5.41) is 0. The van der Waals surface area contributed by atoms with Crippen LogP contribution in [-0.4, -0.2) is 0 Å². The number of halogens is 4. The molecule has 2 rings (SSSR count). The van der Waals surface area contributed by atoms with Gasteiger partial charge in [0, 0.05) is 4.47 Å². The third kappa shape index (κ3) is 2.59. The van der Waals surface area contributed by atoms with Crippen molar-refractivity contribution in [2.24, 2.45) is 5.73 Å². The molecule has 96 valence electrons. The molecule has 2 aromatic rings. The first-order valence-electron chi connectivity index (χ1n) is 5.05. The van der Waals surface area contributed by atoms with Gasteiger partial charge in [0.1, 0.15) is 5.76 Å². The summed E-state index contributed by atoms with van der Waals surface area (Å²) in [6.45, 7) is 0. The van der Waals surface area contributed by atoms with Crippen LogP contribution >= 0.6 is 15.9 Å². The average molecular weight is 320 g/mol. The fourth-order valence-corrected chi connectivity index (χ4v) is 2.03. The second-order valence-corrected chi connectivity index (χ2v) is 4.64.